The lowest BCUT2D eigenvalue weighted by Gasteiger charge is -2.12. The number of rotatable bonds is 5. The molecule has 1 amide bonds. The van der Waals surface area contributed by atoms with Crippen molar-refractivity contribution in [1.29, 1.82) is 0 Å². The zero-order chi connectivity index (χ0) is 20.4. The van der Waals surface area contributed by atoms with Gasteiger partial charge in [0.1, 0.15) is 11.6 Å². The lowest BCUT2D eigenvalue weighted by Crippen LogP contribution is -2.34. The van der Waals surface area contributed by atoms with E-state index in [1.807, 2.05) is 13.8 Å². The second-order valence-corrected chi connectivity index (χ2v) is 7.43. The van der Waals surface area contributed by atoms with E-state index in [-0.39, 0.29) is 16.7 Å². The number of amides is 1. The van der Waals surface area contributed by atoms with Crippen molar-refractivity contribution in [3.63, 3.8) is 0 Å². The molecule has 0 radical (unpaired) electrons. The number of fused-ring (bicyclic) bond motifs is 1. The second kappa shape index (κ2) is 7.85. The fourth-order valence-corrected chi connectivity index (χ4v) is 3.55. The third-order valence-electron chi connectivity index (χ3n) is 4.12. The van der Waals surface area contributed by atoms with Crippen LogP contribution in [0.2, 0.25) is 0 Å². The van der Waals surface area contributed by atoms with Gasteiger partial charge in [-0.1, -0.05) is 31.2 Å². The molecule has 2 aromatic heterocycles. The summed E-state index contributed by atoms with van der Waals surface area (Å²) in [6, 6.07) is 5.86. The molecule has 0 saturated carbocycles. The van der Waals surface area contributed by atoms with Gasteiger partial charge < -0.3 is 10.1 Å². The monoisotopic (exact) mass is 401 g/mol. The molecular formula is C18H19N5O4S. The summed E-state index contributed by atoms with van der Waals surface area (Å²) in [5.74, 6) is -1.03. The van der Waals surface area contributed by atoms with Crippen LogP contribution in [0, 0.1) is 0 Å². The van der Waals surface area contributed by atoms with Crippen molar-refractivity contribution in [3.8, 4) is 0 Å². The summed E-state index contributed by atoms with van der Waals surface area (Å²) >= 11 is 1.19. The molecule has 10 heteroatoms. The number of nitrogens with zero attached hydrogens (tertiary/aromatic N) is 4. The molecule has 1 aromatic carbocycles. The standard InChI is InChI=1S/C18H19N5O4S/c1-9(2)14-13(17(26)27-4)19-18(28-14)20-15(24)10(3)23-16(25)11-7-5-6-8-12(11)21-22-23/h5-10H,1-4H3,(H,19,20,24)/t10-/m0/s1. The van der Waals surface area contributed by atoms with Crippen LogP contribution in [0.15, 0.2) is 29.1 Å². The molecule has 0 fully saturated rings. The van der Waals surface area contributed by atoms with E-state index in [0.29, 0.717) is 15.8 Å². The van der Waals surface area contributed by atoms with Crippen LogP contribution in [0.5, 0.6) is 0 Å². The van der Waals surface area contributed by atoms with Gasteiger partial charge in [0.15, 0.2) is 10.8 Å². The highest BCUT2D eigenvalue weighted by molar-refractivity contribution is 7.16. The maximum absolute atomic E-state index is 12.6. The minimum Gasteiger partial charge on any atom is -0.464 e. The van der Waals surface area contributed by atoms with Gasteiger partial charge in [-0.05, 0) is 25.0 Å². The lowest BCUT2D eigenvalue weighted by molar-refractivity contribution is -0.119. The number of methoxy groups -OCH3 is 1. The fraction of sp³-hybridized carbons (Fsp3) is 0.333. The maximum atomic E-state index is 12.6. The summed E-state index contributed by atoms with van der Waals surface area (Å²) in [6.45, 7) is 5.37. The SMILES string of the molecule is COC(=O)c1nc(NC(=O)[C@H](C)n2nnc3ccccc3c2=O)sc1C(C)C. The zero-order valence-corrected chi connectivity index (χ0v) is 16.6. The van der Waals surface area contributed by atoms with E-state index in [1.165, 1.54) is 18.4 Å². The van der Waals surface area contributed by atoms with Crippen LogP contribution in [-0.2, 0) is 9.53 Å². The Kier molecular flexibility index (Phi) is 5.50. The van der Waals surface area contributed by atoms with E-state index in [4.69, 9.17) is 4.74 Å². The molecule has 0 spiro atoms. The molecule has 28 heavy (non-hydrogen) atoms. The highest BCUT2D eigenvalue weighted by Gasteiger charge is 2.24. The molecule has 1 atom stereocenters. The summed E-state index contributed by atoms with van der Waals surface area (Å²) in [5.41, 5.74) is 0.221. The van der Waals surface area contributed by atoms with Crippen molar-refractivity contribution in [2.45, 2.75) is 32.7 Å². The fourth-order valence-electron chi connectivity index (χ4n) is 2.60. The zero-order valence-electron chi connectivity index (χ0n) is 15.8. The van der Waals surface area contributed by atoms with E-state index in [1.54, 1.807) is 31.2 Å². The molecule has 0 bridgehead atoms. The van der Waals surface area contributed by atoms with E-state index in [2.05, 4.69) is 20.6 Å². The second-order valence-electron chi connectivity index (χ2n) is 6.40. The number of carbonyl (C=O) groups excluding carboxylic acids is 2. The van der Waals surface area contributed by atoms with Crippen LogP contribution in [0.25, 0.3) is 10.9 Å². The Balaban J connectivity index is 1.88. The summed E-state index contributed by atoms with van der Waals surface area (Å²) in [7, 11) is 1.27. The Morgan fingerprint density at radius 2 is 1.93 bits per heavy atom. The minimum atomic E-state index is -0.919. The smallest absolute Gasteiger partial charge is 0.357 e. The van der Waals surface area contributed by atoms with Crippen LogP contribution in [-0.4, -0.2) is 39.0 Å². The number of hydrogen-bond acceptors (Lipinski definition) is 8. The molecule has 0 aliphatic carbocycles. The number of anilines is 1. The quantitative estimate of drug-likeness (QED) is 0.652. The number of ether oxygens (including phenoxy) is 1. The van der Waals surface area contributed by atoms with Crippen molar-refractivity contribution in [1.82, 2.24) is 20.0 Å². The first kappa shape index (κ1) is 19.6. The first-order valence-electron chi connectivity index (χ1n) is 8.57. The van der Waals surface area contributed by atoms with Crippen molar-refractivity contribution >= 4 is 39.2 Å². The van der Waals surface area contributed by atoms with Crippen molar-refractivity contribution in [3.05, 3.63) is 45.2 Å². The molecule has 3 aromatic rings. The number of esters is 1. The summed E-state index contributed by atoms with van der Waals surface area (Å²) < 4.78 is 5.77. The molecule has 0 saturated heterocycles. The third-order valence-corrected chi connectivity index (χ3v) is 5.40. The predicted molar refractivity (Wildman–Crippen MR) is 105 cm³/mol. The van der Waals surface area contributed by atoms with E-state index in [9.17, 15) is 14.4 Å². The van der Waals surface area contributed by atoms with Gasteiger partial charge in [0.25, 0.3) is 11.5 Å². The van der Waals surface area contributed by atoms with Crippen LogP contribution in [0.3, 0.4) is 0 Å². The van der Waals surface area contributed by atoms with Gasteiger partial charge in [0.05, 0.1) is 12.5 Å². The highest BCUT2D eigenvalue weighted by atomic mass is 32.1. The maximum Gasteiger partial charge on any atom is 0.357 e. The molecule has 146 valence electrons. The van der Waals surface area contributed by atoms with E-state index >= 15 is 0 Å². The first-order chi connectivity index (χ1) is 13.3. The first-order valence-corrected chi connectivity index (χ1v) is 9.39. The Morgan fingerprint density at radius 3 is 2.61 bits per heavy atom. The highest BCUT2D eigenvalue weighted by Crippen LogP contribution is 2.30. The van der Waals surface area contributed by atoms with Crippen molar-refractivity contribution in [2.75, 3.05) is 12.4 Å². The molecule has 3 rings (SSSR count). The van der Waals surface area contributed by atoms with Gasteiger partial charge in [-0.15, -0.1) is 16.4 Å². The molecule has 0 unspecified atom stereocenters. The molecular weight excluding hydrogens is 382 g/mol. The van der Waals surface area contributed by atoms with Crippen LogP contribution < -0.4 is 10.9 Å². The Hall–Kier alpha value is -3.14. The summed E-state index contributed by atoms with van der Waals surface area (Å²) in [6.07, 6.45) is 0. The number of aromatic nitrogens is 4. The predicted octanol–water partition coefficient (Wildman–Crippen LogP) is 2.36. The Labute approximate surface area is 164 Å². The molecule has 0 aliphatic rings. The van der Waals surface area contributed by atoms with Crippen molar-refractivity contribution < 1.29 is 14.3 Å². The summed E-state index contributed by atoms with van der Waals surface area (Å²) in [5, 5.41) is 11.1. The minimum absolute atomic E-state index is 0.0312. The molecule has 9 nitrogen and oxygen atoms in total. The van der Waals surface area contributed by atoms with Gasteiger partial charge >= 0.3 is 5.97 Å². The number of hydrogen-bond donors (Lipinski definition) is 1. The molecule has 0 aliphatic heterocycles. The van der Waals surface area contributed by atoms with Crippen LogP contribution in [0.1, 0.15) is 48.1 Å². The normalized spacial score (nSPS) is 12.2. The van der Waals surface area contributed by atoms with Crippen LogP contribution in [0.4, 0.5) is 5.13 Å². The van der Waals surface area contributed by atoms with Gasteiger partial charge in [-0.25, -0.2) is 9.78 Å². The van der Waals surface area contributed by atoms with Crippen LogP contribution >= 0.6 is 11.3 Å². The summed E-state index contributed by atoms with van der Waals surface area (Å²) in [4.78, 5) is 42.0. The number of carbonyl (C=O) groups is 2. The van der Waals surface area contributed by atoms with E-state index in [0.717, 1.165) is 4.68 Å². The Morgan fingerprint density at radius 1 is 1.21 bits per heavy atom. The lowest BCUT2D eigenvalue weighted by atomic mass is 10.1. The van der Waals surface area contributed by atoms with Gasteiger partial charge in [-0.3, -0.25) is 9.59 Å². The average Bonchev–Trinajstić information content (AvgIpc) is 3.11. The van der Waals surface area contributed by atoms with Gasteiger partial charge in [0.2, 0.25) is 0 Å². The van der Waals surface area contributed by atoms with E-state index < -0.39 is 23.5 Å². The molecule has 1 N–H and O–H groups in total. The topological polar surface area (TPSA) is 116 Å². The Bertz CT molecular complexity index is 1100. The average molecular weight is 401 g/mol. The van der Waals surface area contributed by atoms with Gasteiger partial charge in [0, 0.05) is 4.88 Å². The third kappa shape index (κ3) is 3.63. The van der Waals surface area contributed by atoms with Crippen molar-refractivity contribution in [2.24, 2.45) is 0 Å². The number of nitrogens with one attached hydrogen (secondary N) is 1. The largest absolute Gasteiger partial charge is 0.464 e. The molecule has 2 heterocycles. The number of benzene rings is 1. The number of thiazole rings is 1. The van der Waals surface area contributed by atoms with Gasteiger partial charge in [-0.2, -0.15) is 4.68 Å².